The predicted molar refractivity (Wildman–Crippen MR) is 109 cm³/mol. The SMILES string of the molecule is O=C(Nc1ccccc1CO)C1=CN(Cc2cccc(F)c2F)c2cccc(F)c2O1. The summed E-state index contributed by atoms with van der Waals surface area (Å²) < 4.78 is 47.8. The van der Waals surface area contributed by atoms with Gasteiger partial charge in [-0.2, -0.15) is 0 Å². The quantitative estimate of drug-likeness (QED) is 0.632. The van der Waals surface area contributed by atoms with Crippen molar-refractivity contribution in [3.63, 3.8) is 0 Å². The summed E-state index contributed by atoms with van der Waals surface area (Å²) in [7, 11) is 0. The molecule has 4 rings (SSSR count). The van der Waals surface area contributed by atoms with E-state index in [0.29, 0.717) is 11.3 Å². The van der Waals surface area contributed by atoms with Gasteiger partial charge in [0, 0.05) is 16.8 Å². The lowest BCUT2D eigenvalue weighted by molar-refractivity contribution is -0.114. The van der Waals surface area contributed by atoms with E-state index in [1.54, 1.807) is 30.3 Å². The van der Waals surface area contributed by atoms with Gasteiger partial charge in [0.15, 0.2) is 23.2 Å². The van der Waals surface area contributed by atoms with Gasteiger partial charge in [-0.15, -0.1) is 0 Å². The minimum absolute atomic E-state index is 0.0266. The second-order valence-electron chi connectivity index (χ2n) is 6.79. The molecule has 2 N–H and O–H groups in total. The third-order valence-electron chi connectivity index (χ3n) is 4.77. The first-order valence-corrected chi connectivity index (χ1v) is 9.35. The molecule has 0 aliphatic carbocycles. The molecule has 1 aliphatic rings. The molecular weight excluding hydrogens is 409 g/mol. The van der Waals surface area contributed by atoms with Crippen molar-refractivity contribution in [1.29, 1.82) is 0 Å². The maximum atomic E-state index is 14.4. The molecule has 0 atom stereocenters. The van der Waals surface area contributed by atoms with Crippen LogP contribution in [-0.4, -0.2) is 11.0 Å². The monoisotopic (exact) mass is 426 g/mol. The highest BCUT2D eigenvalue weighted by atomic mass is 19.2. The highest BCUT2D eigenvalue weighted by Gasteiger charge is 2.27. The van der Waals surface area contributed by atoms with E-state index in [4.69, 9.17) is 4.74 Å². The number of carbonyl (C=O) groups is 1. The fourth-order valence-electron chi connectivity index (χ4n) is 3.23. The summed E-state index contributed by atoms with van der Waals surface area (Å²) in [4.78, 5) is 14.2. The Morgan fingerprint density at radius 3 is 2.45 bits per heavy atom. The van der Waals surface area contributed by atoms with Crippen molar-refractivity contribution in [1.82, 2.24) is 0 Å². The van der Waals surface area contributed by atoms with Gasteiger partial charge < -0.3 is 20.1 Å². The molecule has 0 fully saturated rings. The summed E-state index contributed by atoms with van der Waals surface area (Å²) in [5.74, 6) is -3.89. The Bertz CT molecular complexity index is 1180. The number of benzene rings is 3. The summed E-state index contributed by atoms with van der Waals surface area (Å²) in [6.07, 6.45) is 1.29. The summed E-state index contributed by atoms with van der Waals surface area (Å²) >= 11 is 0. The first kappa shape index (κ1) is 20.5. The molecule has 1 aliphatic heterocycles. The first-order valence-electron chi connectivity index (χ1n) is 9.35. The molecule has 0 saturated carbocycles. The number of hydrogen-bond donors (Lipinski definition) is 2. The van der Waals surface area contributed by atoms with E-state index in [9.17, 15) is 23.1 Å². The molecule has 0 unspecified atom stereocenters. The van der Waals surface area contributed by atoms with Crippen LogP contribution in [-0.2, 0) is 17.9 Å². The van der Waals surface area contributed by atoms with Gasteiger partial charge >= 0.3 is 0 Å². The molecular formula is C23H17F3N2O3. The number of aliphatic hydroxyl groups is 1. The molecule has 5 nitrogen and oxygen atoms in total. The molecule has 0 radical (unpaired) electrons. The largest absolute Gasteiger partial charge is 0.445 e. The molecule has 0 spiro atoms. The lowest BCUT2D eigenvalue weighted by Gasteiger charge is -2.29. The van der Waals surface area contributed by atoms with Crippen molar-refractivity contribution in [3.8, 4) is 5.75 Å². The Hall–Kier alpha value is -3.78. The van der Waals surface area contributed by atoms with Gasteiger partial charge in [0.05, 0.1) is 25.0 Å². The number of aliphatic hydroxyl groups excluding tert-OH is 1. The van der Waals surface area contributed by atoms with Crippen LogP contribution in [0.15, 0.2) is 72.6 Å². The Balaban J connectivity index is 1.69. The third-order valence-corrected chi connectivity index (χ3v) is 4.77. The van der Waals surface area contributed by atoms with Crippen molar-refractivity contribution in [2.75, 3.05) is 10.2 Å². The van der Waals surface area contributed by atoms with E-state index in [-0.39, 0.29) is 35.9 Å². The molecule has 8 heteroatoms. The van der Waals surface area contributed by atoms with Crippen LogP contribution in [0.2, 0.25) is 0 Å². The summed E-state index contributed by atoms with van der Waals surface area (Å²) in [5, 5.41) is 12.1. The first-order chi connectivity index (χ1) is 15.0. The Morgan fingerprint density at radius 1 is 0.935 bits per heavy atom. The Morgan fingerprint density at radius 2 is 1.65 bits per heavy atom. The van der Waals surface area contributed by atoms with Crippen molar-refractivity contribution < 1.29 is 27.8 Å². The smallest absolute Gasteiger partial charge is 0.292 e. The highest BCUT2D eigenvalue weighted by Crippen LogP contribution is 2.38. The molecule has 0 aromatic heterocycles. The summed E-state index contributed by atoms with van der Waals surface area (Å²) in [6, 6.07) is 14.5. The fraction of sp³-hybridized carbons (Fsp3) is 0.0870. The lowest BCUT2D eigenvalue weighted by Crippen LogP contribution is -2.28. The number of rotatable bonds is 5. The maximum Gasteiger partial charge on any atom is 0.292 e. The van der Waals surface area contributed by atoms with Crippen LogP contribution in [0, 0.1) is 17.5 Å². The average molecular weight is 426 g/mol. The predicted octanol–water partition coefficient (Wildman–Crippen LogP) is 4.48. The number of amides is 1. The normalized spacial score (nSPS) is 12.6. The van der Waals surface area contributed by atoms with Crippen molar-refractivity contribution in [3.05, 3.63) is 101 Å². The number of carbonyl (C=O) groups excluding carboxylic acids is 1. The zero-order chi connectivity index (χ0) is 22.0. The number of para-hydroxylation sites is 2. The van der Waals surface area contributed by atoms with Gasteiger partial charge in [0.25, 0.3) is 5.91 Å². The zero-order valence-electron chi connectivity index (χ0n) is 16.1. The number of nitrogens with one attached hydrogen (secondary N) is 1. The minimum Gasteiger partial charge on any atom is -0.445 e. The average Bonchev–Trinajstić information content (AvgIpc) is 2.77. The molecule has 1 heterocycles. The van der Waals surface area contributed by atoms with Gasteiger partial charge in [-0.05, 0) is 24.3 Å². The van der Waals surface area contributed by atoms with Crippen molar-refractivity contribution in [2.45, 2.75) is 13.2 Å². The van der Waals surface area contributed by atoms with Crippen LogP contribution in [0.5, 0.6) is 5.75 Å². The van der Waals surface area contributed by atoms with Gasteiger partial charge in [-0.1, -0.05) is 36.4 Å². The van der Waals surface area contributed by atoms with Crippen LogP contribution in [0.3, 0.4) is 0 Å². The Labute approximate surface area is 176 Å². The van der Waals surface area contributed by atoms with E-state index in [2.05, 4.69) is 5.32 Å². The molecule has 0 bridgehead atoms. The number of anilines is 2. The number of halogens is 3. The third kappa shape index (κ3) is 4.10. The summed E-state index contributed by atoms with van der Waals surface area (Å²) in [6.45, 7) is -0.452. The molecule has 1 amide bonds. The van der Waals surface area contributed by atoms with Gasteiger partial charge in [-0.25, -0.2) is 13.2 Å². The van der Waals surface area contributed by atoms with E-state index in [1.807, 2.05) is 0 Å². The van der Waals surface area contributed by atoms with Crippen molar-refractivity contribution >= 4 is 17.3 Å². The lowest BCUT2D eigenvalue weighted by atomic mass is 10.1. The highest BCUT2D eigenvalue weighted by molar-refractivity contribution is 6.03. The van der Waals surface area contributed by atoms with Gasteiger partial charge in [0.1, 0.15) is 0 Å². The number of ether oxygens (including phenoxy) is 1. The Kier molecular flexibility index (Phi) is 5.64. The molecule has 158 valence electrons. The minimum atomic E-state index is -1.02. The van der Waals surface area contributed by atoms with Crippen LogP contribution in [0.1, 0.15) is 11.1 Å². The van der Waals surface area contributed by atoms with Gasteiger partial charge in [-0.3, -0.25) is 4.79 Å². The van der Waals surface area contributed by atoms with Crippen LogP contribution >= 0.6 is 0 Å². The van der Waals surface area contributed by atoms with E-state index in [1.165, 1.54) is 35.4 Å². The number of nitrogens with zero attached hydrogens (tertiary/aromatic N) is 1. The molecule has 3 aromatic rings. The van der Waals surface area contributed by atoms with E-state index < -0.39 is 23.4 Å². The molecule has 0 saturated heterocycles. The van der Waals surface area contributed by atoms with Gasteiger partial charge in [0.2, 0.25) is 5.76 Å². The van der Waals surface area contributed by atoms with Crippen LogP contribution in [0.25, 0.3) is 0 Å². The second kappa shape index (κ2) is 8.53. The standard InChI is InChI=1S/C23H17F3N2O3/c24-16-7-3-6-14(21(16)26)11-28-12-20(31-22-17(25)8-4-10-19(22)28)23(30)27-18-9-2-1-5-15(18)13-29/h1-10,12,29H,11,13H2,(H,27,30). The maximum absolute atomic E-state index is 14.4. The topological polar surface area (TPSA) is 61.8 Å². The van der Waals surface area contributed by atoms with Crippen molar-refractivity contribution in [2.24, 2.45) is 0 Å². The number of fused-ring (bicyclic) bond motifs is 1. The fourth-order valence-corrected chi connectivity index (χ4v) is 3.23. The van der Waals surface area contributed by atoms with E-state index in [0.717, 1.165) is 6.07 Å². The van der Waals surface area contributed by atoms with Crippen LogP contribution < -0.4 is 15.0 Å². The number of hydrogen-bond acceptors (Lipinski definition) is 4. The summed E-state index contributed by atoms with van der Waals surface area (Å²) in [5.41, 5.74) is 1.13. The molecule has 3 aromatic carbocycles. The van der Waals surface area contributed by atoms with E-state index >= 15 is 0 Å². The van der Waals surface area contributed by atoms with Crippen LogP contribution in [0.4, 0.5) is 24.5 Å². The zero-order valence-corrected chi connectivity index (χ0v) is 16.1. The molecule has 31 heavy (non-hydrogen) atoms. The second-order valence-corrected chi connectivity index (χ2v) is 6.79.